The zero-order chi connectivity index (χ0) is 14.6. The van der Waals surface area contributed by atoms with Gasteiger partial charge in [0.15, 0.2) is 0 Å². The molecule has 0 aliphatic rings. The van der Waals surface area contributed by atoms with E-state index in [2.05, 4.69) is 36.2 Å². The van der Waals surface area contributed by atoms with Crippen molar-refractivity contribution in [1.82, 2.24) is 10.2 Å². The van der Waals surface area contributed by atoms with E-state index in [4.69, 9.17) is 5.73 Å². The Hall–Kier alpha value is -1.39. The summed E-state index contributed by atoms with van der Waals surface area (Å²) in [6.45, 7) is 7.74. The number of amides is 1. The lowest BCUT2D eigenvalue weighted by Gasteiger charge is -2.20. The first kappa shape index (κ1) is 15.7. The van der Waals surface area contributed by atoms with Crippen LogP contribution in [0.5, 0.6) is 0 Å². The average Bonchev–Trinajstić information content (AvgIpc) is 2.29. The van der Waals surface area contributed by atoms with Gasteiger partial charge in [0, 0.05) is 13.1 Å². The molecule has 3 N–H and O–H groups in total. The molecule has 0 radical (unpaired) electrons. The fraction of sp³-hybridized carbons (Fsp3) is 0.533. The Morgan fingerprint density at radius 1 is 1.21 bits per heavy atom. The second-order valence-electron chi connectivity index (χ2n) is 5.39. The molecule has 0 aromatic heterocycles. The largest absolute Gasteiger partial charge is 0.368 e. The predicted octanol–water partition coefficient (Wildman–Crippen LogP) is 1.29. The fourth-order valence-electron chi connectivity index (χ4n) is 2.09. The Kier molecular flexibility index (Phi) is 5.51. The SMILES string of the molecule is Cc1cc(C)c(C(NCCN(C)C)C(N)=O)cc1C. The van der Waals surface area contributed by atoms with Gasteiger partial charge in [-0.1, -0.05) is 12.1 Å². The third-order valence-corrected chi connectivity index (χ3v) is 3.39. The van der Waals surface area contributed by atoms with Crippen LogP contribution in [-0.2, 0) is 4.79 Å². The van der Waals surface area contributed by atoms with Crippen LogP contribution < -0.4 is 11.1 Å². The molecule has 0 heterocycles. The first-order valence-electron chi connectivity index (χ1n) is 6.58. The van der Waals surface area contributed by atoms with Crippen LogP contribution in [0.3, 0.4) is 0 Å². The highest BCUT2D eigenvalue weighted by atomic mass is 16.1. The van der Waals surface area contributed by atoms with Crippen molar-refractivity contribution < 1.29 is 4.79 Å². The molecule has 0 aliphatic heterocycles. The highest BCUT2D eigenvalue weighted by molar-refractivity contribution is 5.82. The lowest BCUT2D eigenvalue weighted by atomic mass is 9.95. The van der Waals surface area contributed by atoms with Crippen molar-refractivity contribution in [2.75, 3.05) is 27.2 Å². The Morgan fingerprint density at radius 2 is 1.79 bits per heavy atom. The first-order valence-corrected chi connectivity index (χ1v) is 6.58. The third-order valence-electron chi connectivity index (χ3n) is 3.39. The van der Waals surface area contributed by atoms with Gasteiger partial charge in [-0.05, 0) is 57.1 Å². The van der Waals surface area contributed by atoms with E-state index in [0.29, 0.717) is 0 Å². The van der Waals surface area contributed by atoms with E-state index in [1.165, 1.54) is 11.1 Å². The summed E-state index contributed by atoms with van der Waals surface area (Å²) in [5, 5.41) is 3.24. The van der Waals surface area contributed by atoms with Crippen LogP contribution in [0, 0.1) is 20.8 Å². The van der Waals surface area contributed by atoms with Crippen LogP contribution in [0.2, 0.25) is 0 Å². The molecule has 1 aromatic rings. The summed E-state index contributed by atoms with van der Waals surface area (Å²) in [5.74, 6) is -0.329. The van der Waals surface area contributed by atoms with Gasteiger partial charge in [-0.15, -0.1) is 0 Å². The number of aryl methyl sites for hydroxylation is 3. The second kappa shape index (κ2) is 6.68. The molecule has 4 nitrogen and oxygen atoms in total. The standard InChI is InChI=1S/C15H25N3O/c1-10-8-12(3)13(9-11(10)2)14(15(16)19)17-6-7-18(4)5/h8-9,14,17H,6-7H2,1-5H3,(H2,16,19). The molecule has 0 saturated carbocycles. The zero-order valence-electron chi connectivity index (χ0n) is 12.6. The van der Waals surface area contributed by atoms with Gasteiger partial charge < -0.3 is 16.0 Å². The van der Waals surface area contributed by atoms with Gasteiger partial charge in [-0.3, -0.25) is 4.79 Å². The quantitative estimate of drug-likeness (QED) is 0.813. The molecule has 106 valence electrons. The smallest absolute Gasteiger partial charge is 0.239 e. The van der Waals surface area contributed by atoms with Crippen molar-refractivity contribution in [3.63, 3.8) is 0 Å². The van der Waals surface area contributed by atoms with Gasteiger partial charge in [-0.2, -0.15) is 0 Å². The van der Waals surface area contributed by atoms with Crippen LogP contribution in [0.1, 0.15) is 28.3 Å². The van der Waals surface area contributed by atoms with Crippen molar-refractivity contribution in [3.05, 3.63) is 34.4 Å². The maximum absolute atomic E-state index is 11.7. The van der Waals surface area contributed by atoms with Crippen molar-refractivity contribution in [3.8, 4) is 0 Å². The second-order valence-corrected chi connectivity index (χ2v) is 5.39. The Labute approximate surface area is 116 Å². The number of likely N-dealkylation sites (N-methyl/N-ethyl adjacent to an activating group) is 1. The molecule has 4 heteroatoms. The van der Waals surface area contributed by atoms with Gasteiger partial charge in [0.05, 0.1) is 0 Å². The van der Waals surface area contributed by atoms with Crippen LogP contribution in [-0.4, -0.2) is 38.0 Å². The number of benzene rings is 1. The minimum atomic E-state index is -0.417. The lowest BCUT2D eigenvalue weighted by molar-refractivity contribution is -0.120. The van der Waals surface area contributed by atoms with Gasteiger partial charge >= 0.3 is 0 Å². The monoisotopic (exact) mass is 263 g/mol. The summed E-state index contributed by atoms with van der Waals surface area (Å²) >= 11 is 0. The van der Waals surface area contributed by atoms with Crippen molar-refractivity contribution >= 4 is 5.91 Å². The molecule has 0 fully saturated rings. The van der Waals surface area contributed by atoms with E-state index in [0.717, 1.165) is 24.2 Å². The number of carbonyl (C=O) groups is 1. The summed E-state index contributed by atoms with van der Waals surface area (Å²) < 4.78 is 0. The molecule has 1 rings (SSSR count). The summed E-state index contributed by atoms with van der Waals surface area (Å²) in [6.07, 6.45) is 0. The summed E-state index contributed by atoms with van der Waals surface area (Å²) in [7, 11) is 4.00. The number of nitrogens with one attached hydrogen (secondary N) is 1. The van der Waals surface area contributed by atoms with Crippen LogP contribution >= 0.6 is 0 Å². The molecule has 1 amide bonds. The number of hydrogen-bond donors (Lipinski definition) is 2. The Balaban J connectivity index is 2.93. The number of nitrogens with two attached hydrogens (primary N) is 1. The van der Waals surface area contributed by atoms with E-state index in [1.807, 2.05) is 21.0 Å². The van der Waals surface area contributed by atoms with E-state index < -0.39 is 6.04 Å². The van der Waals surface area contributed by atoms with Gasteiger partial charge in [0.25, 0.3) is 0 Å². The molecule has 0 spiro atoms. The van der Waals surface area contributed by atoms with Crippen molar-refractivity contribution in [1.29, 1.82) is 0 Å². The highest BCUT2D eigenvalue weighted by Crippen LogP contribution is 2.21. The first-order chi connectivity index (χ1) is 8.82. The summed E-state index contributed by atoms with van der Waals surface area (Å²) in [4.78, 5) is 13.7. The van der Waals surface area contributed by atoms with E-state index in [9.17, 15) is 4.79 Å². The van der Waals surface area contributed by atoms with Crippen molar-refractivity contribution in [2.45, 2.75) is 26.8 Å². The predicted molar refractivity (Wildman–Crippen MR) is 79.1 cm³/mol. The molecule has 1 unspecified atom stereocenters. The van der Waals surface area contributed by atoms with Crippen LogP contribution in [0.15, 0.2) is 12.1 Å². The van der Waals surface area contributed by atoms with Gasteiger partial charge in [-0.25, -0.2) is 0 Å². The van der Waals surface area contributed by atoms with E-state index in [-0.39, 0.29) is 5.91 Å². The number of rotatable bonds is 6. The molecule has 0 saturated heterocycles. The normalized spacial score (nSPS) is 12.7. The molecule has 0 aliphatic carbocycles. The number of nitrogens with zero attached hydrogens (tertiary/aromatic N) is 1. The minimum absolute atomic E-state index is 0.329. The number of hydrogen-bond acceptors (Lipinski definition) is 3. The Morgan fingerprint density at radius 3 is 2.32 bits per heavy atom. The summed E-state index contributed by atoms with van der Waals surface area (Å²) in [6, 6.07) is 3.75. The third kappa shape index (κ3) is 4.33. The highest BCUT2D eigenvalue weighted by Gasteiger charge is 2.19. The van der Waals surface area contributed by atoms with Gasteiger partial charge in [0.1, 0.15) is 6.04 Å². The van der Waals surface area contributed by atoms with E-state index >= 15 is 0 Å². The van der Waals surface area contributed by atoms with Crippen LogP contribution in [0.25, 0.3) is 0 Å². The molecule has 1 atom stereocenters. The molecule has 1 aromatic carbocycles. The van der Waals surface area contributed by atoms with E-state index in [1.54, 1.807) is 0 Å². The molecule has 0 bridgehead atoms. The minimum Gasteiger partial charge on any atom is -0.368 e. The summed E-state index contributed by atoms with van der Waals surface area (Å²) in [5.41, 5.74) is 10.0. The van der Waals surface area contributed by atoms with Gasteiger partial charge in [0.2, 0.25) is 5.91 Å². The Bertz CT molecular complexity index is 455. The maximum atomic E-state index is 11.7. The van der Waals surface area contributed by atoms with Crippen molar-refractivity contribution in [2.24, 2.45) is 5.73 Å². The molecular weight excluding hydrogens is 238 g/mol. The zero-order valence-corrected chi connectivity index (χ0v) is 12.6. The number of carbonyl (C=O) groups excluding carboxylic acids is 1. The average molecular weight is 263 g/mol. The topological polar surface area (TPSA) is 58.4 Å². The maximum Gasteiger partial charge on any atom is 0.239 e. The van der Waals surface area contributed by atoms with Crippen LogP contribution in [0.4, 0.5) is 0 Å². The fourth-order valence-corrected chi connectivity index (χ4v) is 2.09. The lowest BCUT2D eigenvalue weighted by Crippen LogP contribution is -2.37. The molecular formula is C15H25N3O. The molecule has 19 heavy (non-hydrogen) atoms. The number of primary amides is 1.